The molecule has 1 aromatic carbocycles. The molecule has 1 aliphatic heterocycles. The first-order valence-corrected chi connectivity index (χ1v) is 8.12. The highest BCUT2D eigenvalue weighted by Crippen LogP contribution is 2.24. The molecule has 0 saturated carbocycles. The molecule has 0 bridgehead atoms. The van der Waals surface area contributed by atoms with Crippen molar-refractivity contribution in [2.45, 2.75) is 19.3 Å². The van der Waals surface area contributed by atoms with Gasteiger partial charge in [-0.15, -0.1) is 11.3 Å². The molecule has 22 heavy (non-hydrogen) atoms. The Balaban J connectivity index is 1.68. The molecule has 1 aromatic heterocycles. The second kappa shape index (κ2) is 6.62. The molecular formula is C16H17N3O2S. The van der Waals surface area contributed by atoms with Crippen LogP contribution in [0.25, 0.3) is 0 Å². The highest BCUT2D eigenvalue weighted by molar-refractivity contribution is 7.14. The molecule has 2 N–H and O–H groups in total. The van der Waals surface area contributed by atoms with E-state index < -0.39 is 0 Å². The average Bonchev–Trinajstić information content (AvgIpc) is 3.00. The van der Waals surface area contributed by atoms with Crippen molar-refractivity contribution in [3.05, 3.63) is 41.8 Å². The van der Waals surface area contributed by atoms with E-state index >= 15 is 0 Å². The molecule has 5 nitrogen and oxygen atoms in total. The van der Waals surface area contributed by atoms with Crippen LogP contribution >= 0.6 is 11.3 Å². The summed E-state index contributed by atoms with van der Waals surface area (Å²) in [5, 5.41) is 8.25. The molecule has 2 aromatic rings. The largest absolute Gasteiger partial charge is 0.324 e. The first kappa shape index (κ1) is 14.6. The number of nitrogens with zero attached hydrogens (tertiary/aromatic N) is 1. The topological polar surface area (TPSA) is 61.4 Å². The summed E-state index contributed by atoms with van der Waals surface area (Å²) in [6.45, 7) is 0.740. The number of carbonyl (C=O) groups excluding carboxylic acids is 2. The van der Waals surface area contributed by atoms with E-state index in [1.165, 1.54) is 11.3 Å². The monoisotopic (exact) mass is 315 g/mol. The van der Waals surface area contributed by atoms with Gasteiger partial charge in [0.1, 0.15) is 0 Å². The zero-order valence-corrected chi connectivity index (χ0v) is 12.9. The van der Waals surface area contributed by atoms with E-state index in [4.69, 9.17) is 0 Å². The maximum absolute atomic E-state index is 12.0. The number of amides is 3. The standard InChI is InChI=1S/C16H17N3O2S/c20-15-8-1-2-9-19(15)13-6-3-5-12(11-13)17-16(21)18-14-7-4-10-22-14/h3-7,10-11H,1-2,8-9H2,(H2,17,18,21). The predicted octanol–water partition coefficient (Wildman–Crippen LogP) is 3.91. The zero-order valence-electron chi connectivity index (χ0n) is 12.0. The number of piperidine rings is 1. The summed E-state index contributed by atoms with van der Waals surface area (Å²) in [6, 6.07) is 10.8. The minimum atomic E-state index is -0.287. The number of benzene rings is 1. The highest BCUT2D eigenvalue weighted by atomic mass is 32.1. The average molecular weight is 315 g/mol. The van der Waals surface area contributed by atoms with Crippen LogP contribution in [0.4, 0.5) is 21.2 Å². The molecule has 114 valence electrons. The number of thiophene rings is 1. The summed E-state index contributed by atoms with van der Waals surface area (Å²) in [4.78, 5) is 25.7. The maximum Gasteiger partial charge on any atom is 0.324 e. The Kier molecular flexibility index (Phi) is 4.39. The Labute approximate surface area is 132 Å². The van der Waals surface area contributed by atoms with Crippen molar-refractivity contribution < 1.29 is 9.59 Å². The van der Waals surface area contributed by atoms with E-state index in [-0.39, 0.29) is 11.9 Å². The van der Waals surface area contributed by atoms with Gasteiger partial charge in [0.2, 0.25) is 5.91 Å². The number of rotatable bonds is 3. The van der Waals surface area contributed by atoms with Gasteiger partial charge in [0.05, 0.1) is 5.00 Å². The number of nitrogens with one attached hydrogen (secondary N) is 2. The third-order valence-electron chi connectivity index (χ3n) is 3.50. The first-order chi connectivity index (χ1) is 10.7. The number of hydrogen-bond acceptors (Lipinski definition) is 3. The Morgan fingerprint density at radius 2 is 2.05 bits per heavy atom. The molecule has 0 unspecified atom stereocenters. The van der Waals surface area contributed by atoms with Crippen molar-refractivity contribution >= 4 is 39.7 Å². The van der Waals surface area contributed by atoms with Gasteiger partial charge >= 0.3 is 6.03 Å². The Bertz CT molecular complexity index is 670. The molecule has 3 rings (SSSR count). The SMILES string of the molecule is O=C(Nc1cccc(N2CCCCC2=O)c1)Nc1cccs1. The molecule has 2 heterocycles. The second-order valence-corrected chi connectivity index (χ2v) is 6.06. The van der Waals surface area contributed by atoms with Crippen LogP contribution in [-0.4, -0.2) is 18.5 Å². The fourth-order valence-corrected chi connectivity index (χ4v) is 3.07. The van der Waals surface area contributed by atoms with E-state index in [0.29, 0.717) is 12.1 Å². The predicted molar refractivity (Wildman–Crippen MR) is 89.6 cm³/mol. The minimum Gasteiger partial charge on any atom is -0.312 e. The van der Waals surface area contributed by atoms with Gasteiger partial charge < -0.3 is 10.2 Å². The van der Waals surface area contributed by atoms with Crippen molar-refractivity contribution in [2.24, 2.45) is 0 Å². The van der Waals surface area contributed by atoms with E-state index in [1.807, 2.05) is 41.8 Å². The van der Waals surface area contributed by atoms with Crippen molar-refractivity contribution in [3.8, 4) is 0 Å². The van der Waals surface area contributed by atoms with E-state index in [1.54, 1.807) is 4.90 Å². The van der Waals surface area contributed by atoms with Crippen molar-refractivity contribution in [1.29, 1.82) is 0 Å². The third kappa shape index (κ3) is 3.46. The van der Waals surface area contributed by atoms with Crippen LogP contribution in [0.2, 0.25) is 0 Å². The smallest absolute Gasteiger partial charge is 0.312 e. The fraction of sp³-hybridized carbons (Fsp3) is 0.250. The third-order valence-corrected chi connectivity index (χ3v) is 4.28. The van der Waals surface area contributed by atoms with Crippen LogP contribution in [0.15, 0.2) is 41.8 Å². The summed E-state index contributed by atoms with van der Waals surface area (Å²) >= 11 is 1.46. The summed E-state index contributed by atoms with van der Waals surface area (Å²) in [6.07, 6.45) is 2.56. The number of hydrogen-bond donors (Lipinski definition) is 2. The first-order valence-electron chi connectivity index (χ1n) is 7.24. The lowest BCUT2D eigenvalue weighted by Gasteiger charge is -2.27. The van der Waals surface area contributed by atoms with Gasteiger partial charge in [0.25, 0.3) is 0 Å². The van der Waals surface area contributed by atoms with Gasteiger partial charge in [0.15, 0.2) is 0 Å². The fourth-order valence-electron chi connectivity index (χ4n) is 2.45. The summed E-state index contributed by atoms with van der Waals surface area (Å²) in [5.74, 6) is 0.145. The molecular weight excluding hydrogens is 298 g/mol. The van der Waals surface area contributed by atoms with Gasteiger partial charge in [-0.05, 0) is 48.6 Å². The molecule has 0 aliphatic carbocycles. The molecule has 0 spiro atoms. The lowest BCUT2D eigenvalue weighted by atomic mass is 10.1. The van der Waals surface area contributed by atoms with Gasteiger partial charge in [-0.1, -0.05) is 6.07 Å². The molecule has 1 fully saturated rings. The Morgan fingerprint density at radius 1 is 1.14 bits per heavy atom. The normalized spacial score (nSPS) is 14.7. The van der Waals surface area contributed by atoms with Crippen molar-refractivity contribution in [2.75, 3.05) is 22.1 Å². The lowest BCUT2D eigenvalue weighted by Crippen LogP contribution is -2.35. The molecule has 3 amide bonds. The second-order valence-electron chi connectivity index (χ2n) is 5.11. The molecule has 6 heteroatoms. The van der Waals surface area contributed by atoms with Crippen LogP contribution in [0.1, 0.15) is 19.3 Å². The van der Waals surface area contributed by atoms with E-state index in [2.05, 4.69) is 10.6 Å². The number of urea groups is 1. The van der Waals surface area contributed by atoms with E-state index in [0.717, 1.165) is 30.1 Å². The molecule has 1 aliphatic rings. The maximum atomic E-state index is 12.0. The van der Waals surface area contributed by atoms with Crippen molar-refractivity contribution in [1.82, 2.24) is 0 Å². The van der Waals surface area contributed by atoms with Crippen LogP contribution in [-0.2, 0) is 4.79 Å². The molecule has 0 radical (unpaired) electrons. The Morgan fingerprint density at radius 3 is 2.82 bits per heavy atom. The molecule has 1 saturated heterocycles. The van der Waals surface area contributed by atoms with Crippen LogP contribution in [0.5, 0.6) is 0 Å². The number of anilines is 3. The number of carbonyl (C=O) groups is 2. The zero-order chi connectivity index (χ0) is 15.4. The van der Waals surface area contributed by atoms with Crippen LogP contribution < -0.4 is 15.5 Å². The summed E-state index contributed by atoms with van der Waals surface area (Å²) < 4.78 is 0. The quantitative estimate of drug-likeness (QED) is 0.902. The minimum absolute atomic E-state index is 0.145. The van der Waals surface area contributed by atoms with Gasteiger partial charge in [0, 0.05) is 24.3 Å². The van der Waals surface area contributed by atoms with Gasteiger partial charge in [-0.25, -0.2) is 4.79 Å². The molecule has 0 atom stereocenters. The Hall–Kier alpha value is -2.34. The van der Waals surface area contributed by atoms with Gasteiger partial charge in [-0.3, -0.25) is 10.1 Å². The van der Waals surface area contributed by atoms with E-state index in [9.17, 15) is 9.59 Å². The highest BCUT2D eigenvalue weighted by Gasteiger charge is 2.19. The van der Waals surface area contributed by atoms with Crippen LogP contribution in [0, 0.1) is 0 Å². The van der Waals surface area contributed by atoms with Gasteiger partial charge in [-0.2, -0.15) is 0 Å². The summed E-state index contributed by atoms with van der Waals surface area (Å²) in [5.41, 5.74) is 1.50. The lowest BCUT2D eigenvalue weighted by molar-refractivity contribution is -0.119. The van der Waals surface area contributed by atoms with Crippen molar-refractivity contribution in [3.63, 3.8) is 0 Å². The summed E-state index contributed by atoms with van der Waals surface area (Å²) in [7, 11) is 0. The van der Waals surface area contributed by atoms with Crippen LogP contribution in [0.3, 0.4) is 0 Å².